The number of aliphatic hydroxyl groups is 1. The molecule has 1 aromatic carbocycles. The summed E-state index contributed by atoms with van der Waals surface area (Å²) in [4.78, 5) is 6.86. The number of ether oxygens (including phenoxy) is 1. The van der Waals surface area contributed by atoms with Gasteiger partial charge in [0.2, 0.25) is 0 Å². The molecule has 1 atom stereocenters. The van der Waals surface area contributed by atoms with Crippen molar-refractivity contribution >= 4 is 0 Å². The van der Waals surface area contributed by atoms with E-state index in [0.29, 0.717) is 24.9 Å². The Labute approximate surface area is 155 Å². The minimum atomic E-state index is -0.584. The summed E-state index contributed by atoms with van der Waals surface area (Å²) in [5, 5.41) is 15.6. The molecule has 0 unspecified atom stereocenters. The normalized spacial score (nSPS) is 17.0. The predicted molar refractivity (Wildman–Crippen MR) is 102 cm³/mol. The number of aliphatic hydroxyl groups excluding tert-OH is 1. The molecule has 2 aromatic rings. The molecule has 0 radical (unpaired) electrons. The molecule has 1 fully saturated rings. The van der Waals surface area contributed by atoms with E-state index in [0.717, 1.165) is 37.9 Å². The molecule has 6 nitrogen and oxygen atoms in total. The van der Waals surface area contributed by atoms with Crippen LogP contribution in [0.4, 0.5) is 0 Å². The summed E-state index contributed by atoms with van der Waals surface area (Å²) in [5.41, 5.74) is 2.25. The third-order valence-electron chi connectivity index (χ3n) is 4.82. The van der Waals surface area contributed by atoms with Gasteiger partial charge in [-0.3, -0.25) is 0 Å². The lowest BCUT2D eigenvalue weighted by molar-refractivity contribution is 0.00205. The van der Waals surface area contributed by atoms with Crippen molar-refractivity contribution in [1.82, 2.24) is 19.7 Å². The van der Waals surface area contributed by atoms with Crippen molar-refractivity contribution in [3.05, 3.63) is 35.7 Å². The number of rotatable bonds is 7. The molecule has 0 amide bonds. The molecule has 0 spiro atoms. The average molecular weight is 358 g/mol. The van der Waals surface area contributed by atoms with Gasteiger partial charge >= 0.3 is 0 Å². The summed E-state index contributed by atoms with van der Waals surface area (Å²) in [6.45, 7) is 5.21. The lowest BCUT2D eigenvalue weighted by Crippen LogP contribution is -2.24. The van der Waals surface area contributed by atoms with Gasteiger partial charge in [0, 0.05) is 31.9 Å². The molecule has 1 saturated heterocycles. The molecular weight excluding hydrogens is 328 g/mol. The van der Waals surface area contributed by atoms with Gasteiger partial charge in [0.1, 0.15) is 6.10 Å². The van der Waals surface area contributed by atoms with E-state index >= 15 is 0 Å². The van der Waals surface area contributed by atoms with Gasteiger partial charge in [-0.2, -0.15) is 5.10 Å². The van der Waals surface area contributed by atoms with Crippen LogP contribution in [-0.4, -0.2) is 52.1 Å². The largest absolute Gasteiger partial charge is 0.385 e. The van der Waals surface area contributed by atoms with Crippen molar-refractivity contribution in [1.29, 1.82) is 0 Å². The van der Waals surface area contributed by atoms with E-state index in [1.807, 2.05) is 4.68 Å². The van der Waals surface area contributed by atoms with Crippen LogP contribution in [0.25, 0.3) is 11.4 Å². The van der Waals surface area contributed by atoms with Crippen LogP contribution >= 0.6 is 0 Å². The van der Waals surface area contributed by atoms with E-state index in [1.54, 1.807) is 0 Å². The maximum atomic E-state index is 10.9. The molecule has 0 aliphatic carbocycles. The number of aryl methyl sites for hydroxylation is 1. The highest BCUT2D eigenvalue weighted by Crippen LogP contribution is 2.30. The third kappa shape index (κ3) is 4.50. The van der Waals surface area contributed by atoms with E-state index in [1.165, 1.54) is 5.56 Å². The Bertz CT molecular complexity index is 690. The van der Waals surface area contributed by atoms with Gasteiger partial charge in [-0.05, 0) is 44.8 Å². The molecule has 0 saturated carbocycles. The molecular formula is C20H30N4O2. The van der Waals surface area contributed by atoms with Crippen LogP contribution in [0.1, 0.15) is 43.7 Å². The molecule has 142 valence electrons. The van der Waals surface area contributed by atoms with Gasteiger partial charge < -0.3 is 14.7 Å². The fourth-order valence-corrected chi connectivity index (χ4v) is 3.44. The summed E-state index contributed by atoms with van der Waals surface area (Å²) in [6, 6.07) is 8.36. The van der Waals surface area contributed by atoms with Crippen molar-refractivity contribution in [2.24, 2.45) is 5.92 Å². The van der Waals surface area contributed by atoms with E-state index in [9.17, 15) is 5.11 Å². The van der Waals surface area contributed by atoms with E-state index < -0.39 is 6.10 Å². The van der Waals surface area contributed by atoms with E-state index in [2.05, 4.69) is 55.3 Å². The van der Waals surface area contributed by atoms with Gasteiger partial charge in [-0.15, -0.1) is 0 Å². The van der Waals surface area contributed by atoms with Crippen LogP contribution in [0.5, 0.6) is 0 Å². The summed E-state index contributed by atoms with van der Waals surface area (Å²) in [6.07, 6.45) is 2.11. The van der Waals surface area contributed by atoms with Crippen LogP contribution in [-0.2, 0) is 17.8 Å². The van der Waals surface area contributed by atoms with Crippen molar-refractivity contribution in [2.75, 3.05) is 27.3 Å². The number of aromatic nitrogens is 3. The van der Waals surface area contributed by atoms with Crippen LogP contribution in [0.3, 0.4) is 0 Å². The first-order chi connectivity index (χ1) is 12.6. The first kappa shape index (κ1) is 19.0. The Hall–Kier alpha value is -1.76. The van der Waals surface area contributed by atoms with Crippen molar-refractivity contribution in [3.63, 3.8) is 0 Å². The number of nitrogens with zero attached hydrogens (tertiary/aromatic N) is 4. The fraction of sp³-hybridized carbons (Fsp3) is 0.600. The topological polar surface area (TPSA) is 63.4 Å². The van der Waals surface area contributed by atoms with Crippen LogP contribution in [0, 0.1) is 5.92 Å². The van der Waals surface area contributed by atoms with Crippen LogP contribution in [0.2, 0.25) is 0 Å². The van der Waals surface area contributed by atoms with Crippen molar-refractivity contribution in [3.8, 4) is 11.4 Å². The molecule has 2 heterocycles. The van der Waals surface area contributed by atoms with Crippen molar-refractivity contribution in [2.45, 2.75) is 45.4 Å². The monoisotopic (exact) mass is 358 g/mol. The predicted octanol–water partition coefficient (Wildman–Crippen LogP) is 2.88. The molecule has 26 heavy (non-hydrogen) atoms. The second-order valence-electron chi connectivity index (χ2n) is 7.35. The van der Waals surface area contributed by atoms with Gasteiger partial charge in [-0.1, -0.05) is 31.2 Å². The highest BCUT2D eigenvalue weighted by atomic mass is 16.5. The zero-order chi connectivity index (χ0) is 18.5. The molecule has 1 aromatic heterocycles. The lowest BCUT2D eigenvalue weighted by Gasteiger charge is -2.26. The highest BCUT2D eigenvalue weighted by molar-refractivity contribution is 5.55. The summed E-state index contributed by atoms with van der Waals surface area (Å²) >= 11 is 0. The highest BCUT2D eigenvalue weighted by Gasteiger charge is 2.28. The first-order valence-corrected chi connectivity index (χ1v) is 9.53. The summed E-state index contributed by atoms with van der Waals surface area (Å²) in [7, 11) is 4.12. The number of benzene rings is 1. The van der Waals surface area contributed by atoms with Gasteiger partial charge in [0.15, 0.2) is 11.6 Å². The Kier molecular flexibility index (Phi) is 6.40. The van der Waals surface area contributed by atoms with Crippen molar-refractivity contribution < 1.29 is 9.84 Å². The summed E-state index contributed by atoms with van der Waals surface area (Å²) in [5.74, 6) is 1.57. The minimum Gasteiger partial charge on any atom is -0.385 e. The smallest absolute Gasteiger partial charge is 0.181 e. The molecule has 0 bridgehead atoms. The zero-order valence-electron chi connectivity index (χ0n) is 16.1. The molecule has 1 aliphatic heterocycles. The van der Waals surface area contributed by atoms with Crippen LogP contribution < -0.4 is 0 Å². The molecule has 3 rings (SSSR count). The molecule has 1 N–H and O–H groups in total. The summed E-state index contributed by atoms with van der Waals surface area (Å²) < 4.78 is 7.30. The minimum absolute atomic E-state index is 0.193. The second-order valence-corrected chi connectivity index (χ2v) is 7.35. The Morgan fingerprint density at radius 1 is 1.23 bits per heavy atom. The Morgan fingerprint density at radius 3 is 2.54 bits per heavy atom. The first-order valence-electron chi connectivity index (χ1n) is 9.53. The fourth-order valence-electron chi connectivity index (χ4n) is 3.44. The second kappa shape index (κ2) is 8.75. The van der Waals surface area contributed by atoms with Gasteiger partial charge in [0.25, 0.3) is 0 Å². The Balaban J connectivity index is 1.84. The SMILES string of the molecule is CCCn1nc(-c2ccc(CN(C)C)cc2)nc1[C@H](O)C1CCOCC1. The quantitative estimate of drug-likeness (QED) is 0.824. The maximum absolute atomic E-state index is 10.9. The number of hydrogen-bond donors (Lipinski definition) is 1. The van der Waals surface area contributed by atoms with E-state index in [-0.39, 0.29) is 5.92 Å². The average Bonchev–Trinajstić information content (AvgIpc) is 3.06. The molecule has 6 heteroatoms. The number of hydrogen-bond acceptors (Lipinski definition) is 5. The third-order valence-corrected chi connectivity index (χ3v) is 4.82. The van der Waals surface area contributed by atoms with Crippen LogP contribution in [0.15, 0.2) is 24.3 Å². The lowest BCUT2D eigenvalue weighted by atomic mass is 9.93. The molecule has 1 aliphatic rings. The van der Waals surface area contributed by atoms with E-state index in [4.69, 9.17) is 9.72 Å². The van der Waals surface area contributed by atoms with Gasteiger partial charge in [-0.25, -0.2) is 9.67 Å². The zero-order valence-corrected chi connectivity index (χ0v) is 16.1. The standard InChI is InChI=1S/C20H30N4O2/c1-4-11-24-20(18(25)16-9-12-26-13-10-16)21-19(22-24)17-7-5-15(6-8-17)14-23(2)3/h5-8,16,18,25H,4,9-14H2,1-3H3/t18-/m1/s1. The maximum Gasteiger partial charge on any atom is 0.181 e. The van der Waals surface area contributed by atoms with Gasteiger partial charge in [0.05, 0.1) is 0 Å². The Morgan fingerprint density at radius 2 is 1.92 bits per heavy atom.